The van der Waals surface area contributed by atoms with Gasteiger partial charge in [-0.05, 0) is 18.2 Å². The topological polar surface area (TPSA) is 135 Å². The predicted octanol–water partition coefficient (Wildman–Crippen LogP) is 0.967. The van der Waals surface area contributed by atoms with Crippen molar-refractivity contribution in [3.63, 3.8) is 0 Å². The number of carbonyl (C=O) groups excluding carboxylic acids is 1. The van der Waals surface area contributed by atoms with Gasteiger partial charge in [-0.1, -0.05) is 12.1 Å². The number of para-hydroxylation sites is 2. The van der Waals surface area contributed by atoms with Crippen LogP contribution < -0.4 is 24.7 Å². The van der Waals surface area contributed by atoms with E-state index in [1.165, 1.54) is 13.2 Å². The Morgan fingerprint density at radius 2 is 2.11 bits per heavy atom. The lowest BCUT2D eigenvalue weighted by molar-refractivity contribution is -0.398. The zero-order valence-corrected chi connectivity index (χ0v) is 14.1. The highest BCUT2D eigenvalue weighted by atomic mass is 16.6. The Labute approximate surface area is 153 Å². The Kier molecular flexibility index (Phi) is 5.06. The van der Waals surface area contributed by atoms with Gasteiger partial charge < -0.3 is 19.3 Å². The summed E-state index contributed by atoms with van der Waals surface area (Å²) in [6.07, 6.45) is 0.259. The van der Waals surface area contributed by atoms with Crippen molar-refractivity contribution in [2.75, 3.05) is 13.7 Å². The molecule has 0 spiro atoms. The number of rotatable bonds is 5. The first-order valence-corrected chi connectivity index (χ1v) is 7.74. The molecule has 1 atom stereocenters. The fraction of sp³-hybridized carbons (Fsp3) is 0.176. The third-order valence-corrected chi connectivity index (χ3v) is 3.66. The minimum atomic E-state index is -0.898. The van der Waals surface area contributed by atoms with E-state index in [4.69, 9.17) is 14.2 Å². The van der Waals surface area contributed by atoms with Gasteiger partial charge in [0.05, 0.1) is 18.2 Å². The molecule has 0 bridgehead atoms. The average Bonchev–Trinajstić information content (AvgIpc) is 2.68. The van der Waals surface area contributed by atoms with E-state index < -0.39 is 28.4 Å². The van der Waals surface area contributed by atoms with Crippen LogP contribution in [0.5, 0.6) is 23.0 Å². The molecule has 27 heavy (non-hydrogen) atoms. The van der Waals surface area contributed by atoms with Gasteiger partial charge in [0.1, 0.15) is 12.4 Å². The normalized spacial score (nSPS) is 15.4. The number of nitrogens with zero attached hydrogens (tertiary/aromatic N) is 2. The SMILES string of the molecule is COc1cc(/C=N/NC(=O)[C@H]2COc3ccccc3O2)cc([N+](=O)[O-])c1[O-]. The quantitative estimate of drug-likeness (QED) is 0.469. The van der Waals surface area contributed by atoms with Crippen LogP contribution in [0.2, 0.25) is 0 Å². The number of amides is 1. The van der Waals surface area contributed by atoms with Crippen LogP contribution in [0.15, 0.2) is 41.5 Å². The second-order valence-electron chi connectivity index (χ2n) is 5.43. The number of nitro benzene ring substituents is 1. The molecular weight excluding hydrogens is 358 g/mol. The monoisotopic (exact) mass is 372 g/mol. The van der Waals surface area contributed by atoms with Gasteiger partial charge >= 0.3 is 0 Å². The molecule has 1 aliphatic heterocycles. The van der Waals surface area contributed by atoms with Crippen LogP contribution in [-0.2, 0) is 4.79 Å². The molecule has 2 aromatic carbocycles. The Morgan fingerprint density at radius 3 is 2.81 bits per heavy atom. The van der Waals surface area contributed by atoms with Crippen LogP contribution in [0.3, 0.4) is 0 Å². The van der Waals surface area contributed by atoms with Crippen molar-refractivity contribution in [3.8, 4) is 23.0 Å². The Balaban J connectivity index is 1.68. The van der Waals surface area contributed by atoms with Crippen LogP contribution >= 0.6 is 0 Å². The number of nitro groups is 1. The zero-order valence-electron chi connectivity index (χ0n) is 14.1. The van der Waals surface area contributed by atoms with Crippen LogP contribution in [0.4, 0.5) is 5.69 Å². The number of carbonyl (C=O) groups is 1. The average molecular weight is 372 g/mol. The summed E-state index contributed by atoms with van der Waals surface area (Å²) in [6, 6.07) is 9.25. The van der Waals surface area contributed by atoms with Crippen LogP contribution in [-0.4, -0.2) is 36.9 Å². The number of methoxy groups -OCH3 is 1. The summed E-state index contributed by atoms with van der Waals surface area (Å²) < 4.78 is 15.8. The van der Waals surface area contributed by atoms with E-state index >= 15 is 0 Å². The van der Waals surface area contributed by atoms with Gasteiger partial charge in [-0.2, -0.15) is 5.10 Å². The highest BCUT2D eigenvalue weighted by Gasteiger charge is 2.27. The molecule has 0 unspecified atom stereocenters. The number of hydrogen-bond donors (Lipinski definition) is 1. The minimum Gasteiger partial charge on any atom is -0.865 e. The number of hydrazone groups is 1. The molecule has 0 saturated heterocycles. The summed E-state index contributed by atoms with van der Waals surface area (Å²) in [7, 11) is 1.22. The highest BCUT2D eigenvalue weighted by Crippen LogP contribution is 2.34. The van der Waals surface area contributed by atoms with Crippen molar-refractivity contribution >= 4 is 17.8 Å². The molecule has 10 heteroatoms. The third kappa shape index (κ3) is 3.89. The second-order valence-corrected chi connectivity index (χ2v) is 5.43. The molecular formula is C17H14N3O7-. The summed E-state index contributed by atoms with van der Waals surface area (Å²) >= 11 is 0. The number of ether oxygens (including phenoxy) is 3. The molecule has 3 rings (SSSR count). The largest absolute Gasteiger partial charge is 0.865 e. The van der Waals surface area contributed by atoms with Gasteiger partial charge in [-0.25, -0.2) is 5.43 Å². The maximum absolute atomic E-state index is 12.1. The molecule has 0 aromatic heterocycles. The lowest BCUT2D eigenvalue weighted by Gasteiger charge is -2.24. The van der Waals surface area contributed by atoms with Gasteiger partial charge in [0.25, 0.3) is 11.6 Å². The van der Waals surface area contributed by atoms with Crippen LogP contribution in [0.25, 0.3) is 0 Å². The van der Waals surface area contributed by atoms with Gasteiger partial charge in [0.2, 0.25) is 6.10 Å². The summed E-state index contributed by atoms with van der Waals surface area (Å²) in [5.41, 5.74) is 1.83. The number of hydrogen-bond acceptors (Lipinski definition) is 8. The molecule has 1 amide bonds. The molecule has 1 N–H and O–H groups in total. The third-order valence-electron chi connectivity index (χ3n) is 3.66. The van der Waals surface area contributed by atoms with E-state index in [0.717, 1.165) is 12.3 Å². The van der Waals surface area contributed by atoms with E-state index in [-0.39, 0.29) is 17.9 Å². The van der Waals surface area contributed by atoms with Crippen molar-refractivity contribution in [2.24, 2.45) is 5.10 Å². The Hall–Kier alpha value is -3.82. The van der Waals surface area contributed by atoms with Crippen molar-refractivity contribution < 1.29 is 29.0 Å². The van der Waals surface area contributed by atoms with Crippen LogP contribution in [0.1, 0.15) is 5.56 Å². The van der Waals surface area contributed by atoms with Crippen molar-refractivity contribution in [3.05, 3.63) is 52.1 Å². The molecule has 140 valence electrons. The van der Waals surface area contributed by atoms with E-state index in [0.29, 0.717) is 11.5 Å². The standard InChI is InChI=1S/C17H15N3O7/c1-25-14-7-10(6-11(16(14)21)20(23)24)8-18-19-17(22)15-9-26-12-4-2-3-5-13(12)27-15/h2-8,15,21H,9H2,1H3,(H,19,22)/p-1/b18-8+/t15-/m1/s1. The number of nitrogens with one attached hydrogen (secondary N) is 1. The molecule has 0 saturated carbocycles. The highest BCUT2D eigenvalue weighted by molar-refractivity contribution is 5.86. The zero-order chi connectivity index (χ0) is 19.4. The number of benzene rings is 2. The Morgan fingerprint density at radius 1 is 1.37 bits per heavy atom. The summed E-state index contributed by atoms with van der Waals surface area (Å²) in [4.78, 5) is 22.3. The first-order valence-electron chi connectivity index (χ1n) is 7.74. The predicted molar refractivity (Wildman–Crippen MR) is 91.2 cm³/mol. The molecule has 1 heterocycles. The van der Waals surface area contributed by atoms with Crippen molar-refractivity contribution in [1.82, 2.24) is 5.43 Å². The molecule has 0 aliphatic carbocycles. The minimum absolute atomic E-state index is 0.0164. The summed E-state index contributed by atoms with van der Waals surface area (Å²) in [5.74, 6) is -0.600. The van der Waals surface area contributed by atoms with Crippen molar-refractivity contribution in [1.29, 1.82) is 0 Å². The van der Waals surface area contributed by atoms with Gasteiger partial charge in [-0.3, -0.25) is 14.9 Å². The van der Waals surface area contributed by atoms with Crippen LogP contribution in [0, 0.1) is 10.1 Å². The fourth-order valence-corrected chi connectivity index (χ4v) is 2.36. The van der Waals surface area contributed by atoms with E-state index in [9.17, 15) is 20.0 Å². The smallest absolute Gasteiger partial charge is 0.284 e. The lowest BCUT2D eigenvalue weighted by Crippen LogP contribution is -2.42. The molecule has 2 aromatic rings. The second kappa shape index (κ2) is 7.60. The lowest BCUT2D eigenvalue weighted by atomic mass is 10.2. The molecule has 0 radical (unpaired) electrons. The summed E-state index contributed by atoms with van der Waals surface area (Å²) in [5, 5.41) is 26.4. The van der Waals surface area contributed by atoms with E-state index in [1.54, 1.807) is 24.3 Å². The van der Waals surface area contributed by atoms with Gasteiger partial charge in [0.15, 0.2) is 11.5 Å². The van der Waals surface area contributed by atoms with E-state index in [1.807, 2.05) is 0 Å². The first-order chi connectivity index (χ1) is 13.0. The summed E-state index contributed by atoms with van der Waals surface area (Å²) in [6.45, 7) is 0.0164. The fourth-order valence-electron chi connectivity index (χ4n) is 2.36. The van der Waals surface area contributed by atoms with Crippen molar-refractivity contribution in [2.45, 2.75) is 6.10 Å². The molecule has 10 nitrogen and oxygen atoms in total. The maximum Gasteiger partial charge on any atom is 0.284 e. The number of fused-ring (bicyclic) bond motifs is 1. The van der Waals surface area contributed by atoms with Gasteiger partial charge in [0, 0.05) is 17.4 Å². The molecule has 0 fully saturated rings. The maximum atomic E-state index is 12.1. The first kappa shape index (κ1) is 18.0. The Bertz CT molecular complexity index is 913. The molecule has 1 aliphatic rings. The van der Waals surface area contributed by atoms with E-state index in [2.05, 4.69) is 10.5 Å². The van der Waals surface area contributed by atoms with Gasteiger partial charge in [-0.15, -0.1) is 0 Å².